The molecule has 1 fully saturated rings. The SMILES string of the molecule is C[C@@H]1CN(C)CC[C@@H]1N(C)c1ccc(C(=O)c2ccccc2)cc1[N+](=O)[O-]. The van der Waals surface area contributed by atoms with E-state index in [0.29, 0.717) is 22.7 Å². The number of anilines is 1. The highest BCUT2D eigenvalue weighted by molar-refractivity contribution is 6.09. The summed E-state index contributed by atoms with van der Waals surface area (Å²) >= 11 is 0. The maximum Gasteiger partial charge on any atom is 0.293 e. The molecule has 0 unspecified atom stereocenters. The second-order valence-electron chi connectivity index (χ2n) is 7.36. The Hall–Kier alpha value is -2.73. The van der Waals surface area contributed by atoms with Crippen molar-refractivity contribution >= 4 is 17.2 Å². The molecule has 1 aliphatic rings. The van der Waals surface area contributed by atoms with Gasteiger partial charge in [-0.3, -0.25) is 14.9 Å². The second kappa shape index (κ2) is 7.88. The molecule has 1 heterocycles. The first-order valence-corrected chi connectivity index (χ1v) is 9.18. The molecule has 0 saturated carbocycles. The first kappa shape index (κ1) is 19.0. The van der Waals surface area contributed by atoms with Crippen molar-refractivity contribution in [3.05, 3.63) is 69.8 Å². The van der Waals surface area contributed by atoms with Crippen molar-refractivity contribution in [2.75, 3.05) is 32.1 Å². The Bertz CT molecular complexity index is 838. The number of ketones is 1. The van der Waals surface area contributed by atoms with Crippen LogP contribution in [0.15, 0.2) is 48.5 Å². The Balaban J connectivity index is 1.92. The number of likely N-dealkylation sites (tertiary alicyclic amines) is 1. The van der Waals surface area contributed by atoms with Gasteiger partial charge >= 0.3 is 0 Å². The summed E-state index contributed by atoms with van der Waals surface area (Å²) in [6, 6.07) is 13.9. The summed E-state index contributed by atoms with van der Waals surface area (Å²) in [6.45, 7) is 4.11. The van der Waals surface area contributed by atoms with E-state index in [2.05, 4.69) is 18.9 Å². The molecular weight excluding hydrogens is 342 g/mol. The lowest BCUT2D eigenvalue weighted by atomic mass is 9.92. The van der Waals surface area contributed by atoms with Gasteiger partial charge in [0.15, 0.2) is 5.78 Å². The van der Waals surface area contributed by atoms with E-state index in [0.717, 1.165) is 19.5 Å². The Morgan fingerprint density at radius 2 is 1.89 bits per heavy atom. The summed E-state index contributed by atoms with van der Waals surface area (Å²) < 4.78 is 0. The lowest BCUT2D eigenvalue weighted by Gasteiger charge is -2.40. The lowest BCUT2D eigenvalue weighted by molar-refractivity contribution is -0.384. The molecule has 27 heavy (non-hydrogen) atoms. The minimum absolute atomic E-state index is 0.0228. The van der Waals surface area contributed by atoms with Crippen molar-refractivity contribution in [1.29, 1.82) is 0 Å². The van der Waals surface area contributed by atoms with Crippen molar-refractivity contribution in [1.82, 2.24) is 4.90 Å². The highest BCUT2D eigenvalue weighted by Gasteiger charge is 2.31. The van der Waals surface area contributed by atoms with Crippen molar-refractivity contribution in [2.24, 2.45) is 5.92 Å². The molecule has 2 atom stereocenters. The molecule has 1 saturated heterocycles. The molecule has 0 N–H and O–H groups in total. The molecule has 2 aromatic carbocycles. The number of rotatable bonds is 5. The highest BCUT2D eigenvalue weighted by atomic mass is 16.6. The van der Waals surface area contributed by atoms with E-state index in [1.807, 2.05) is 18.0 Å². The molecule has 0 radical (unpaired) electrons. The van der Waals surface area contributed by atoms with Crippen LogP contribution in [0.3, 0.4) is 0 Å². The Morgan fingerprint density at radius 1 is 1.19 bits per heavy atom. The lowest BCUT2D eigenvalue weighted by Crippen LogP contribution is -2.48. The molecule has 1 aliphatic heterocycles. The van der Waals surface area contributed by atoms with Crippen molar-refractivity contribution < 1.29 is 9.72 Å². The average molecular weight is 367 g/mol. The number of carbonyl (C=O) groups excluding carboxylic acids is 1. The number of nitro benzene ring substituents is 1. The quantitative estimate of drug-likeness (QED) is 0.459. The standard InChI is InChI=1S/C21H25N3O3/c1-15-14-22(2)12-11-18(15)23(3)19-10-9-17(13-20(19)24(26)27)21(25)16-7-5-4-6-8-16/h4-10,13,15,18H,11-12,14H2,1-3H3/t15-,18+/m1/s1. The third-order valence-corrected chi connectivity index (χ3v) is 5.41. The van der Waals surface area contributed by atoms with Gasteiger partial charge < -0.3 is 9.80 Å². The van der Waals surface area contributed by atoms with Gasteiger partial charge in [0.25, 0.3) is 5.69 Å². The minimum Gasteiger partial charge on any atom is -0.366 e. The predicted molar refractivity (Wildman–Crippen MR) is 106 cm³/mol. The normalized spacial score (nSPS) is 20.3. The van der Waals surface area contributed by atoms with Gasteiger partial charge in [-0.15, -0.1) is 0 Å². The van der Waals surface area contributed by atoms with Crippen LogP contribution in [0.5, 0.6) is 0 Å². The Kier molecular flexibility index (Phi) is 5.56. The maximum atomic E-state index is 12.7. The van der Waals surface area contributed by atoms with E-state index >= 15 is 0 Å². The van der Waals surface area contributed by atoms with Gasteiger partial charge in [0, 0.05) is 36.8 Å². The maximum absolute atomic E-state index is 12.7. The number of carbonyl (C=O) groups is 1. The Labute approximate surface area is 159 Å². The topological polar surface area (TPSA) is 66.7 Å². The summed E-state index contributed by atoms with van der Waals surface area (Å²) in [4.78, 5) is 28.3. The average Bonchev–Trinajstić information content (AvgIpc) is 2.67. The van der Waals surface area contributed by atoms with Crippen molar-refractivity contribution in [3.8, 4) is 0 Å². The van der Waals surface area contributed by atoms with Gasteiger partial charge in [0.05, 0.1) is 4.92 Å². The summed E-state index contributed by atoms with van der Waals surface area (Å²) in [5.41, 5.74) is 1.40. The fourth-order valence-corrected chi connectivity index (χ4v) is 3.96. The molecule has 2 aromatic rings. The van der Waals surface area contributed by atoms with E-state index in [1.54, 1.807) is 36.4 Å². The number of hydrogen-bond donors (Lipinski definition) is 0. The van der Waals surface area contributed by atoms with E-state index in [4.69, 9.17) is 0 Å². The zero-order chi connectivity index (χ0) is 19.6. The molecule has 6 nitrogen and oxygen atoms in total. The second-order valence-corrected chi connectivity index (χ2v) is 7.36. The highest BCUT2D eigenvalue weighted by Crippen LogP contribution is 2.33. The van der Waals surface area contributed by atoms with Crippen LogP contribution in [-0.2, 0) is 0 Å². The first-order valence-electron chi connectivity index (χ1n) is 9.18. The van der Waals surface area contributed by atoms with Crippen molar-refractivity contribution in [2.45, 2.75) is 19.4 Å². The number of nitrogens with zero attached hydrogens (tertiary/aromatic N) is 3. The molecule has 6 heteroatoms. The fourth-order valence-electron chi connectivity index (χ4n) is 3.96. The van der Waals surface area contributed by atoms with Crippen LogP contribution in [0.1, 0.15) is 29.3 Å². The fraction of sp³-hybridized carbons (Fsp3) is 0.381. The zero-order valence-electron chi connectivity index (χ0n) is 16.0. The van der Waals surface area contributed by atoms with E-state index in [-0.39, 0.29) is 17.5 Å². The number of hydrogen-bond acceptors (Lipinski definition) is 5. The molecule has 0 amide bonds. The van der Waals surface area contributed by atoms with Crippen LogP contribution < -0.4 is 4.90 Å². The van der Waals surface area contributed by atoms with Gasteiger partial charge in [0.2, 0.25) is 0 Å². The van der Waals surface area contributed by atoms with Crippen LogP contribution in [0.25, 0.3) is 0 Å². The summed E-state index contributed by atoms with van der Waals surface area (Å²) in [7, 11) is 4.01. The summed E-state index contributed by atoms with van der Waals surface area (Å²) in [5.74, 6) is 0.194. The smallest absolute Gasteiger partial charge is 0.293 e. The molecule has 0 bridgehead atoms. The van der Waals surface area contributed by atoms with Gasteiger partial charge in [-0.1, -0.05) is 37.3 Å². The third kappa shape index (κ3) is 4.01. The van der Waals surface area contributed by atoms with Crippen LogP contribution >= 0.6 is 0 Å². The monoisotopic (exact) mass is 367 g/mol. The summed E-state index contributed by atoms with van der Waals surface area (Å²) in [5, 5.41) is 11.7. The van der Waals surface area contributed by atoms with Crippen molar-refractivity contribution in [3.63, 3.8) is 0 Å². The van der Waals surface area contributed by atoms with Crippen LogP contribution in [0, 0.1) is 16.0 Å². The molecule has 0 aliphatic carbocycles. The molecular formula is C21H25N3O3. The van der Waals surface area contributed by atoms with Gasteiger partial charge in [-0.25, -0.2) is 0 Å². The number of piperidine rings is 1. The van der Waals surface area contributed by atoms with E-state index < -0.39 is 4.92 Å². The molecule has 0 aromatic heterocycles. The van der Waals surface area contributed by atoms with Gasteiger partial charge in [0.1, 0.15) is 5.69 Å². The molecule has 3 rings (SSSR count). The van der Waals surface area contributed by atoms with Crippen LogP contribution in [-0.4, -0.2) is 48.8 Å². The van der Waals surface area contributed by atoms with E-state index in [9.17, 15) is 14.9 Å². The first-order chi connectivity index (χ1) is 12.9. The molecule has 0 spiro atoms. The summed E-state index contributed by atoms with van der Waals surface area (Å²) in [6.07, 6.45) is 0.954. The predicted octanol–water partition coefficient (Wildman–Crippen LogP) is 3.60. The van der Waals surface area contributed by atoms with Crippen LogP contribution in [0.4, 0.5) is 11.4 Å². The Morgan fingerprint density at radius 3 is 2.52 bits per heavy atom. The van der Waals surface area contributed by atoms with E-state index in [1.165, 1.54) is 6.07 Å². The minimum atomic E-state index is -0.396. The van der Waals surface area contributed by atoms with Gasteiger partial charge in [-0.05, 0) is 38.1 Å². The third-order valence-electron chi connectivity index (χ3n) is 5.41. The molecule has 142 valence electrons. The zero-order valence-corrected chi connectivity index (χ0v) is 16.0. The van der Waals surface area contributed by atoms with Gasteiger partial charge in [-0.2, -0.15) is 0 Å². The number of nitro groups is 1. The van der Waals surface area contributed by atoms with Crippen LogP contribution in [0.2, 0.25) is 0 Å². The number of benzene rings is 2. The largest absolute Gasteiger partial charge is 0.366 e.